The van der Waals surface area contributed by atoms with Crippen LogP contribution in [0.25, 0.3) is 0 Å². The molecule has 154 valence electrons. The third-order valence-corrected chi connectivity index (χ3v) is 6.83. The SMILES string of the molecule is CCN(CC)S(=O)(=O)c1ccc(C(=O)Nc2ccc3c(c2)N(C)C(=O)CO3)cc1. The van der Waals surface area contributed by atoms with E-state index < -0.39 is 10.0 Å². The van der Waals surface area contributed by atoms with E-state index in [0.717, 1.165) is 0 Å². The highest BCUT2D eigenvalue weighted by Crippen LogP contribution is 2.33. The average molecular weight is 417 g/mol. The largest absolute Gasteiger partial charge is 0.482 e. The van der Waals surface area contributed by atoms with Crippen molar-refractivity contribution in [2.45, 2.75) is 18.7 Å². The molecule has 2 amide bonds. The molecule has 0 saturated heterocycles. The van der Waals surface area contributed by atoms with Crippen LogP contribution < -0.4 is 15.0 Å². The lowest BCUT2D eigenvalue weighted by atomic mass is 10.2. The summed E-state index contributed by atoms with van der Waals surface area (Å²) in [5, 5.41) is 2.75. The van der Waals surface area contributed by atoms with Gasteiger partial charge < -0.3 is 15.0 Å². The number of hydrogen-bond donors (Lipinski definition) is 1. The summed E-state index contributed by atoms with van der Waals surface area (Å²) < 4.78 is 31.8. The molecule has 0 spiro atoms. The first-order valence-corrected chi connectivity index (χ1v) is 10.7. The highest BCUT2D eigenvalue weighted by molar-refractivity contribution is 7.89. The van der Waals surface area contributed by atoms with Gasteiger partial charge in [-0.2, -0.15) is 4.31 Å². The van der Waals surface area contributed by atoms with Crippen LogP contribution in [0.1, 0.15) is 24.2 Å². The first-order chi connectivity index (χ1) is 13.8. The number of nitrogens with one attached hydrogen (secondary N) is 1. The fourth-order valence-electron chi connectivity index (χ4n) is 3.04. The average Bonchev–Trinajstić information content (AvgIpc) is 2.72. The minimum atomic E-state index is -3.57. The van der Waals surface area contributed by atoms with Crippen molar-refractivity contribution in [2.75, 3.05) is 37.0 Å². The van der Waals surface area contributed by atoms with Gasteiger partial charge in [-0.25, -0.2) is 8.42 Å². The van der Waals surface area contributed by atoms with Crippen molar-refractivity contribution in [1.29, 1.82) is 0 Å². The molecule has 0 radical (unpaired) electrons. The van der Waals surface area contributed by atoms with Gasteiger partial charge in [-0.3, -0.25) is 9.59 Å². The number of nitrogens with zero attached hydrogens (tertiary/aromatic N) is 2. The molecule has 1 aliphatic rings. The van der Waals surface area contributed by atoms with Crippen molar-refractivity contribution < 1.29 is 22.7 Å². The zero-order valence-electron chi connectivity index (χ0n) is 16.5. The van der Waals surface area contributed by atoms with E-state index in [2.05, 4.69) is 5.32 Å². The quantitative estimate of drug-likeness (QED) is 0.778. The lowest BCUT2D eigenvalue weighted by molar-refractivity contribution is -0.120. The van der Waals surface area contributed by atoms with Gasteiger partial charge >= 0.3 is 0 Å². The summed E-state index contributed by atoms with van der Waals surface area (Å²) in [6.07, 6.45) is 0. The zero-order valence-corrected chi connectivity index (χ0v) is 17.3. The van der Waals surface area contributed by atoms with Crippen molar-refractivity contribution in [3.8, 4) is 5.75 Å². The maximum Gasteiger partial charge on any atom is 0.264 e. The zero-order chi connectivity index (χ0) is 21.2. The van der Waals surface area contributed by atoms with Crippen LogP contribution in [0.5, 0.6) is 5.75 Å². The van der Waals surface area contributed by atoms with Crippen LogP contribution in [0.3, 0.4) is 0 Å². The molecular formula is C20H23N3O5S. The Morgan fingerprint density at radius 2 is 1.79 bits per heavy atom. The molecule has 29 heavy (non-hydrogen) atoms. The summed E-state index contributed by atoms with van der Waals surface area (Å²) in [5.41, 5.74) is 1.39. The monoisotopic (exact) mass is 417 g/mol. The predicted octanol–water partition coefficient (Wildman–Crippen LogP) is 2.32. The Hall–Kier alpha value is -2.91. The topological polar surface area (TPSA) is 96.0 Å². The number of fused-ring (bicyclic) bond motifs is 1. The van der Waals surface area contributed by atoms with Gasteiger partial charge in [-0.1, -0.05) is 13.8 Å². The van der Waals surface area contributed by atoms with Crippen LogP contribution in [0.2, 0.25) is 0 Å². The number of carbonyl (C=O) groups excluding carboxylic acids is 2. The first kappa shape index (κ1) is 20.8. The predicted molar refractivity (Wildman–Crippen MR) is 110 cm³/mol. The highest BCUT2D eigenvalue weighted by Gasteiger charge is 2.23. The minimum absolute atomic E-state index is 0.0159. The summed E-state index contributed by atoms with van der Waals surface area (Å²) in [5.74, 6) is 0.00415. The van der Waals surface area contributed by atoms with E-state index in [9.17, 15) is 18.0 Å². The van der Waals surface area contributed by atoms with Crippen LogP contribution in [0, 0.1) is 0 Å². The molecule has 0 aliphatic carbocycles. The van der Waals surface area contributed by atoms with Gasteiger partial charge in [0.1, 0.15) is 5.75 Å². The van der Waals surface area contributed by atoms with Gasteiger partial charge in [-0.15, -0.1) is 0 Å². The molecule has 0 aromatic heterocycles. The van der Waals surface area contributed by atoms with Crippen LogP contribution in [0.4, 0.5) is 11.4 Å². The number of anilines is 2. The summed E-state index contributed by atoms with van der Waals surface area (Å²) >= 11 is 0. The Morgan fingerprint density at radius 1 is 1.14 bits per heavy atom. The summed E-state index contributed by atoms with van der Waals surface area (Å²) in [7, 11) is -1.93. The van der Waals surface area contributed by atoms with E-state index in [0.29, 0.717) is 35.8 Å². The summed E-state index contributed by atoms with van der Waals surface area (Å²) in [4.78, 5) is 25.9. The van der Waals surface area contributed by atoms with Crippen molar-refractivity contribution >= 4 is 33.2 Å². The molecule has 0 saturated carbocycles. The Morgan fingerprint density at radius 3 is 2.41 bits per heavy atom. The van der Waals surface area contributed by atoms with Crippen molar-refractivity contribution in [3.63, 3.8) is 0 Å². The van der Waals surface area contributed by atoms with E-state index in [1.54, 1.807) is 39.1 Å². The van der Waals surface area contributed by atoms with Gasteiger partial charge in [0.05, 0.1) is 10.6 Å². The molecule has 1 N–H and O–H groups in total. The smallest absolute Gasteiger partial charge is 0.264 e. The molecule has 8 nitrogen and oxygen atoms in total. The summed E-state index contributed by atoms with van der Waals surface area (Å²) in [6, 6.07) is 10.8. The van der Waals surface area contributed by atoms with E-state index in [-0.39, 0.29) is 23.3 Å². The Balaban J connectivity index is 1.78. The lowest BCUT2D eigenvalue weighted by Gasteiger charge is -2.26. The van der Waals surface area contributed by atoms with E-state index in [1.807, 2.05) is 0 Å². The number of rotatable bonds is 6. The molecule has 0 fully saturated rings. The highest BCUT2D eigenvalue weighted by atomic mass is 32.2. The molecule has 2 aromatic carbocycles. The number of carbonyl (C=O) groups is 2. The molecule has 9 heteroatoms. The van der Waals surface area contributed by atoms with Crippen molar-refractivity contribution in [3.05, 3.63) is 48.0 Å². The lowest BCUT2D eigenvalue weighted by Crippen LogP contribution is -2.35. The van der Waals surface area contributed by atoms with E-state index >= 15 is 0 Å². The molecule has 2 aromatic rings. The van der Waals surface area contributed by atoms with Crippen LogP contribution >= 0.6 is 0 Å². The third kappa shape index (κ3) is 4.10. The van der Waals surface area contributed by atoms with Gasteiger partial charge in [-0.05, 0) is 42.5 Å². The minimum Gasteiger partial charge on any atom is -0.482 e. The van der Waals surface area contributed by atoms with Crippen LogP contribution in [0.15, 0.2) is 47.4 Å². The Bertz CT molecular complexity index is 1030. The molecule has 1 heterocycles. The van der Waals surface area contributed by atoms with Gasteiger partial charge in [0.25, 0.3) is 11.8 Å². The van der Waals surface area contributed by atoms with Gasteiger partial charge in [0.2, 0.25) is 10.0 Å². The molecule has 1 aliphatic heterocycles. The molecule has 0 atom stereocenters. The maximum atomic E-state index is 12.6. The van der Waals surface area contributed by atoms with Crippen molar-refractivity contribution in [2.24, 2.45) is 0 Å². The normalized spacial score (nSPS) is 13.8. The fourth-order valence-corrected chi connectivity index (χ4v) is 4.50. The number of benzene rings is 2. The second-order valence-electron chi connectivity index (χ2n) is 6.49. The number of hydrogen-bond acceptors (Lipinski definition) is 5. The number of ether oxygens (including phenoxy) is 1. The number of amides is 2. The number of sulfonamides is 1. The van der Waals surface area contributed by atoms with E-state index in [1.165, 1.54) is 33.5 Å². The second-order valence-corrected chi connectivity index (χ2v) is 8.43. The van der Waals surface area contributed by atoms with Crippen LogP contribution in [-0.4, -0.2) is 51.3 Å². The third-order valence-electron chi connectivity index (χ3n) is 4.76. The maximum absolute atomic E-state index is 12.6. The fraction of sp³-hybridized carbons (Fsp3) is 0.300. The Labute approximate surface area is 170 Å². The number of likely N-dealkylation sites (N-methyl/N-ethyl adjacent to an activating group) is 1. The van der Waals surface area contributed by atoms with E-state index in [4.69, 9.17) is 4.74 Å². The molecule has 0 bridgehead atoms. The Kier molecular flexibility index (Phi) is 5.90. The van der Waals surface area contributed by atoms with Crippen LogP contribution in [-0.2, 0) is 14.8 Å². The molecule has 0 unspecified atom stereocenters. The van der Waals surface area contributed by atoms with Gasteiger partial charge in [0.15, 0.2) is 6.61 Å². The summed E-state index contributed by atoms with van der Waals surface area (Å²) in [6.45, 7) is 4.28. The van der Waals surface area contributed by atoms with Gasteiger partial charge in [0, 0.05) is 31.4 Å². The second kappa shape index (κ2) is 8.22. The van der Waals surface area contributed by atoms with Crippen molar-refractivity contribution in [1.82, 2.24) is 4.31 Å². The molecular weight excluding hydrogens is 394 g/mol. The molecule has 3 rings (SSSR count). The standard InChI is InChI=1S/C20H23N3O5S/c1-4-23(5-2)29(26,27)16-9-6-14(7-10-16)20(25)21-15-8-11-18-17(12-15)22(3)19(24)13-28-18/h6-12H,4-5,13H2,1-3H3,(H,21,25). The first-order valence-electron chi connectivity index (χ1n) is 9.23.